The van der Waals surface area contributed by atoms with Gasteiger partial charge >= 0.3 is 0 Å². The summed E-state index contributed by atoms with van der Waals surface area (Å²) in [6.45, 7) is 6.32. The first kappa shape index (κ1) is 14.6. The van der Waals surface area contributed by atoms with E-state index < -0.39 is 0 Å². The van der Waals surface area contributed by atoms with E-state index in [-0.39, 0.29) is 24.1 Å². The van der Waals surface area contributed by atoms with Gasteiger partial charge in [-0.15, -0.1) is 0 Å². The van der Waals surface area contributed by atoms with Gasteiger partial charge in [0.05, 0.1) is 6.42 Å². The fourth-order valence-electron chi connectivity index (χ4n) is 2.25. The molecule has 100 valence electrons. The Hall–Kier alpha value is -1.51. The average molecular weight is 249 g/mol. The van der Waals surface area contributed by atoms with Crippen LogP contribution < -0.4 is 5.32 Å². The molecule has 0 aromatic heterocycles. The summed E-state index contributed by atoms with van der Waals surface area (Å²) in [5.41, 5.74) is 0.673. The summed E-state index contributed by atoms with van der Waals surface area (Å²) in [5.74, 6) is 0.664. The second-order valence-electron chi connectivity index (χ2n) is 4.74. The first-order chi connectivity index (χ1) is 8.58. The van der Waals surface area contributed by atoms with Crippen molar-refractivity contribution in [1.82, 2.24) is 5.32 Å². The quantitative estimate of drug-likeness (QED) is 0.814. The number of carbonyl (C=O) groups excluding carboxylic acids is 1. The minimum Gasteiger partial charge on any atom is -0.508 e. The van der Waals surface area contributed by atoms with E-state index in [1.807, 2.05) is 13.0 Å². The number of hydrogen-bond acceptors (Lipinski definition) is 2. The Kier molecular flexibility index (Phi) is 5.69. The molecule has 1 aromatic carbocycles. The van der Waals surface area contributed by atoms with Crippen LogP contribution in [-0.4, -0.2) is 17.1 Å². The minimum atomic E-state index is -0.0316. The molecular formula is C15H23NO2. The Bertz CT molecular complexity index is 386. The van der Waals surface area contributed by atoms with Crippen LogP contribution in [0, 0.1) is 5.92 Å². The van der Waals surface area contributed by atoms with Gasteiger partial charge in [-0.1, -0.05) is 44.9 Å². The van der Waals surface area contributed by atoms with Crippen molar-refractivity contribution in [1.29, 1.82) is 0 Å². The maximum Gasteiger partial charge on any atom is 0.224 e. The van der Waals surface area contributed by atoms with Gasteiger partial charge in [-0.3, -0.25) is 4.79 Å². The molecule has 0 bridgehead atoms. The van der Waals surface area contributed by atoms with Crippen molar-refractivity contribution in [2.75, 3.05) is 0 Å². The number of hydrogen-bond donors (Lipinski definition) is 2. The molecule has 18 heavy (non-hydrogen) atoms. The molecule has 1 aromatic rings. The lowest BCUT2D eigenvalue weighted by Gasteiger charge is -2.22. The zero-order valence-corrected chi connectivity index (χ0v) is 11.4. The minimum absolute atomic E-state index is 0.0316. The zero-order chi connectivity index (χ0) is 13.5. The Morgan fingerprint density at radius 3 is 2.44 bits per heavy atom. The van der Waals surface area contributed by atoms with E-state index in [0.717, 1.165) is 12.8 Å². The highest BCUT2D eigenvalue weighted by molar-refractivity contribution is 5.79. The van der Waals surface area contributed by atoms with Gasteiger partial charge in [-0.2, -0.15) is 0 Å². The molecule has 0 saturated carbocycles. The number of nitrogens with one attached hydrogen (secondary N) is 1. The van der Waals surface area contributed by atoms with Crippen molar-refractivity contribution in [2.24, 2.45) is 5.92 Å². The number of rotatable bonds is 6. The highest BCUT2D eigenvalue weighted by Gasteiger charge is 2.16. The lowest BCUT2D eigenvalue weighted by molar-refractivity contribution is -0.121. The summed E-state index contributed by atoms with van der Waals surface area (Å²) >= 11 is 0. The van der Waals surface area contributed by atoms with Gasteiger partial charge in [-0.05, 0) is 18.9 Å². The molecule has 3 heteroatoms. The molecule has 0 aliphatic carbocycles. The predicted molar refractivity (Wildman–Crippen MR) is 73.5 cm³/mol. The third-order valence-electron chi connectivity index (χ3n) is 3.49. The molecule has 1 atom stereocenters. The van der Waals surface area contributed by atoms with Gasteiger partial charge in [0.25, 0.3) is 0 Å². The number of benzene rings is 1. The summed E-state index contributed by atoms with van der Waals surface area (Å²) in [7, 11) is 0. The largest absolute Gasteiger partial charge is 0.508 e. The van der Waals surface area contributed by atoms with Crippen LogP contribution in [0.3, 0.4) is 0 Å². The topological polar surface area (TPSA) is 49.3 Å². The first-order valence-corrected chi connectivity index (χ1v) is 6.64. The smallest absolute Gasteiger partial charge is 0.224 e. The van der Waals surface area contributed by atoms with Crippen LogP contribution in [0.2, 0.25) is 0 Å². The molecule has 0 heterocycles. The average Bonchev–Trinajstić information content (AvgIpc) is 2.33. The summed E-state index contributed by atoms with van der Waals surface area (Å²) < 4.78 is 0. The fourth-order valence-corrected chi connectivity index (χ4v) is 2.25. The normalized spacial score (nSPS) is 12.4. The maximum atomic E-state index is 11.9. The molecular weight excluding hydrogens is 226 g/mol. The highest BCUT2D eigenvalue weighted by atomic mass is 16.3. The summed E-state index contributed by atoms with van der Waals surface area (Å²) in [6.07, 6.45) is 2.36. The fraction of sp³-hybridized carbons (Fsp3) is 0.533. The monoisotopic (exact) mass is 249 g/mol. The van der Waals surface area contributed by atoms with Gasteiger partial charge in [0.1, 0.15) is 5.75 Å². The van der Waals surface area contributed by atoms with Crippen molar-refractivity contribution in [3.05, 3.63) is 29.8 Å². The molecule has 0 aliphatic heterocycles. The number of carbonyl (C=O) groups is 1. The van der Waals surface area contributed by atoms with E-state index in [9.17, 15) is 9.90 Å². The van der Waals surface area contributed by atoms with Crippen molar-refractivity contribution >= 4 is 5.91 Å². The van der Waals surface area contributed by atoms with Crippen molar-refractivity contribution in [2.45, 2.75) is 46.1 Å². The van der Waals surface area contributed by atoms with Crippen LogP contribution >= 0.6 is 0 Å². The highest BCUT2D eigenvalue weighted by Crippen LogP contribution is 2.17. The van der Waals surface area contributed by atoms with Crippen LogP contribution in [0.4, 0.5) is 0 Å². The van der Waals surface area contributed by atoms with E-state index in [1.165, 1.54) is 0 Å². The molecule has 0 fully saturated rings. The molecule has 2 N–H and O–H groups in total. The lowest BCUT2D eigenvalue weighted by atomic mass is 9.95. The van der Waals surface area contributed by atoms with Crippen LogP contribution in [0.15, 0.2) is 24.3 Å². The van der Waals surface area contributed by atoms with Gasteiger partial charge in [0.2, 0.25) is 5.91 Å². The standard InChI is InChI=1S/C15H23NO2/c1-4-12(5-2)11(3)16-15(18)10-13-8-6-7-9-14(13)17/h6-9,11-12,17H,4-5,10H2,1-3H3,(H,16,18). The number of phenolic OH excluding ortho intramolecular Hbond substituents is 1. The Labute approximate surface area is 109 Å². The number of amides is 1. The number of aromatic hydroxyl groups is 1. The van der Waals surface area contributed by atoms with Gasteiger partial charge in [0, 0.05) is 11.6 Å². The van der Waals surface area contributed by atoms with Crippen molar-refractivity contribution in [3.63, 3.8) is 0 Å². The van der Waals surface area contributed by atoms with Gasteiger partial charge in [0.15, 0.2) is 0 Å². The van der Waals surface area contributed by atoms with Crippen LogP contribution in [0.5, 0.6) is 5.75 Å². The number of para-hydroxylation sites is 1. The van der Waals surface area contributed by atoms with E-state index in [1.54, 1.807) is 18.2 Å². The zero-order valence-electron chi connectivity index (χ0n) is 11.4. The number of phenols is 1. The van der Waals surface area contributed by atoms with E-state index in [4.69, 9.17) is 0 Å². The Morgan fingerprint density at radius 1 is 1.28 bits per heavy atom. The van der Waals surface area contributed by atoms with E-state index in [2.05, 4.69) is 19.2 Å². The summed E-state index contributed by atoms with van der Waals surface area (Å²) in [6, 6.07) is 7.14. The van der Waals surface area contributed by atoms with Crippen LogP contribution in [0.1, 0.15) is 39.2 Å². The predicted octanol–water partition coefficient (Wildman–Crippen LogP) is 2.88. The summed E-state index contributed by atoms with van der Waals surface area (Å²) in [5, 5.41) is 12.6. The maximum absolute atomic E-state index is 11.9. The van der Waals surface area contributed by atoms with Gasteiger partial charge < -0.3 is 10.4 Å². The van der Waals surface area contributed by atoms with Crippen LogP contribution in [0.25, 0.3) is 0 Å². The molecule has 1 rings (SSSR count). The molecule has 0 saturated heterocycles. The van der Waals surface area contributed by atoms with Crippen molar-refractivity contribution in [3.8, 4) is 5.75 Å². The molecule has 0 spiro atoms. The Balaban J connectivity index is 2.54. The molecule has 1 unspecified atom stereocenters. The molecule has 3 nitrogen and oxygen atoms in total. The molecule has 1 amide bonds. The van der Waals surface area contributed by atoms with Crippen molar-refractivity contribution < 1.29 is 9.90 Å². The molecule has 0 radical (unpaired) electrons. The summed E-state index contributed by atoms with van der Waals surface area (Å²) in [4.78, 5) is 11.9. The van der Waals surface area contributed by atoms with Gasteiger partial charge in [-0.25, -0.2) is 0 Å². The van der Waals surface area contributed by atoms with E-state index in [0.29, 0.717) is 11.5 Å². The Morgan fingerprint density at radius 2 is 1.89 bits per heavy atom. The second kappa shape index (κ2) is 7.04. The van der Waals surface area contributed by atoms with E-state index >= 15 is 0 Å². The third kappa shape index (κ3) is 4.06. The van der Waals surface area contributed by atoms with Crippen LogP contribution in [-0.2, 0) is 11.2 Å². The first-order valence-electron chi connectivity index (χ1n) is 6.64. The molecule has 0 aliphatic rings. The lowest BCUT2D eigenvalue weighted by Crippen LogP contribution is -2.38. The second-order valence-corrected chi connectivity index (χ2v) is 4.74. The third-order valence-corrected chi connectivity index (χ3v) is 3.49. The SMILES string of the molecule is CCC(CC)C(C)NC(=O)Cc1ccccc1O.